The van der Waals surface area contributed by atoms with E-state index in [0.717, 1.165) is 12.1 Å². The molecule has 0 saturated carbocycles. The Morgan fingerprint density at radius 2 is 1.56 bits per heavy atom. The Hall–Kier alpha value is -2.31. The average molecular weight is 384 g/mol. The highest BCUT2D eigenvalue weighted by Gasteiger charge is 2.30. The van der Waals surface area contributed by atoms with E-state index >= 15 is 0 Å². The second-order valence-corrected chi connectivity index (χ2v) is 5.93. The molecule has 1 heterocycles. The summed E-state index contributed by atoms with van der Waals surface area (Å²) in [6, 6.07) is 11.4. The van der Waals surface area contributed by atoms with Crippen LogP contribution in [0.2, 0.25) is 10.0 Å². The molecule has 25 heavy (non-hydrogen) atoms. The maximum absolute atomic E-state index is 12.6. The monoisotopic (exact) mass is 383 g/mol. The van der Waals surface area contributed by atoms with Crippen LogP contribution in [0.15, 0.2) is 54.9 Å². The second kappa shape index (κ2) is 6.90. The van der Waals surface area contributed by atoms with E-state index in [9.17, 15) is 13.2 Å². The summed E-state index contributed by atoms with van der Waals surface area (Å²) in [7, 11) is 0. The van der Waals surface area contributed by atoms with E-state index in [2.05, 4.69) is 15.3 Å². The van der Waals surface area contributed by atoms with Crippen LogP contribution in [0.4, 0.5) is 24.7 Å². The Morgan fingerprint density at radius 3 is 2.20 bits per heavy atom. The first-order valence-corrected chi connectivity index (χ1v) is 7.80. The molecule has 0 atom stereocenters. The summed E-state index contributed by atoms with van der Waals surface area (Å²) in [5.74, 6) is 0.475. The van der Waals surface area contributed by atoms with Gasteiger partial charge in [-0.25, -0.2) is 9.97 Å². The van der Waals surface area contributed by atoms with Crippen molar-refractivity contribution in [2.75, 3.05) is 5.32 Å². The summed E-state index contributed by atoms with van der Waals surface area (Å²) >= 11 is 11.8. The Morgan fingerprint density at radius 1 is 0.840 bits per heavy atom. The van der Waals surface area contributed by atoms with Crippen molar-refractivity contribution in [1.29, 1.82) is 0 Å². The first kappa shape index (κ1) is 17.5. The highest BCUT2D eigenvalue weighted by molar-refractivity contribution is 6.42. The lowest BCUT2D eigenvalue weighted by molar-refractivity contribution is -0.137. The lowest BCUT2D eigenvalue weighted by Gasteiger charge is -2.09. The Bertz CT molecular complexity index is 896. The van der Waals surface area contributed by atoms with Crippen LogP contribution in [0.25, 0.3) is 11.3 Å². The first-order chi connectivity index (χ1) is 11.8. The van der Waals surface area contributed by atoms with Gasteiger partial charge in [-0.3, -0.25) is 0 Å². The maximum Gasteiger partial charge on any atom is 0.416 e. The van der Waals surface area contributed by atoms with Gasteiger partial charge in [0.2, 0.25) is 0 Å². The molecule has 8 heteroatoms. The molecule has 0 spiro atoms. The van der Waals surface area contributed by atoms with Gasteiger partial charge in [0, 0.05) is 17.3 Å². The summed E-state index contributed by atoms with van der Waals surface area (Å²) in [4.78, 5) is 8.19. The van der Waals surface area contributed by atoms with Gasteiger partial charge in [0.25, 0.3) is 0 Å². The van der Waals surface area contributed by atoms with Gasteiger partial charge in [-0.1, -0.05) is 35.3 Å². The number of nitrogens with one attached hydrogen (secondary N) is 1. The van der Waals surface area contributed by atoms with Crippen LogP contribution in [-0.2, 0) is 6.18 Å². The smallest absolute Gasteiger partial charge is 0.340 e. The largest absolute Gasteiger partial charge is 0.416 e. The third-order valence-electron chi connectivity index (χ3n) is 3.37. The van der Waals surface area contributed by atoms with Gasteiger partial charge in [-0.05, 0) is 30.3 Å². The van der Waals surface area contributed by atoms with Gasteiger partial charge >= 0.3 is 6.18 Å². The van der Waals surface area contributed by atoms with Crippen molar-refractivity contribution in [2.24, 2.45) is 0 Å². The van der Waals surface area contributed by atoms with E-state index in [4.69, 9.17) is 23.2 Å². The Balaban J connectivity index is 1.85. The maximum atomic E-state index is 12.6. The summed E-state index contributed by atoms with van der Waals surface area (Å²) in [5, 5.41) is 3.87. The Labute approximate surface area is 151 Å². The molecule has 0 amide bonds. The molecular weight excluding hydrogens is 374 g/mol. The number of benzene rings is 2. The van der Waals surface area contributed by atoms with Crippen molar-refractivity contribution < 1.29 is 13.2 Å². The second-order valence-electron chi connectivity index (χ2n) is 5.12. The molecule has 1 N–H and O–H groups in total. The molecular formula is C17H10Cl2F3N3. The van der Waals surface area contributed by atoms with Crippen LogP contribution >= 0.6 is 23.2 Å². The van der Waals surface area contributed by atoms with E-state index in [-0.39, 0.29) is 0 Å². The molecule has 0 bridgehead atoms. The zero-order chi connectivity index (χ0) is 18.0. The van der Waals surface area contributed by atoms with Gasteiger partial charge in [0.15, 0.2) is 0 Å². The fourth-order valence-electron chi connectivity index (χ4n) is 2.14. The zero-order valence-corrected chi connectivity index (χ0v) is 14.0. The number of alkyl halides is 3. The number of aromatic nitrogens is 2. The average Bonchev–Trinajstić information content (AvgIpc) is 2.58. The van der Waals surface area contributed by atoms with Gasteiger partial charge in [0.1, 0.15) is 12.1 Å². The van der Waals surface area contributed by atoms with E-state index < -0.39 is 11.7 Å². The minimum absolute atomic E-state index is 0.392. The molecule has 1 aromatic heterocycles. The van der Waals surface area contributed by atoms with Crippen LogP contribution in [0, 0.1) is 0 Å². The van der Waals surface area contributed by atoms with Crippen molar-refractivity contribution in [3.63, 3.8) is 0 Å². The summed E-state index contributed by atoms with van der Waals surface area (Å²) < 4.78 is 37.9. The topological polar surface area (TPSA) is 37.8 Å². The standard InChI is InChI=1S/C17H10Cl2F3N3/c18-13-6-5-12(7-14(13)19)25-16-8-15(23-9-24-16)10-1-3-11(4-2-10)17(20,21)22/h1-9H,(H,23,24,25). The van der Waals surface area contributed by atoms with Gasteiger partial charge in [-0.2, -0.15) is 13.2 Å². The molecule has 0 aliphatic rings. The summed E-state index contributed by atoms with van der Waals surface area (Å²) in [6.07, 6.45) is -3.04. The van der Waals surface area contributed by atoms with Crippen molar-refractivity contribution >= 4 is 34.7 Å². The van der Waals surface area contributed by atoms with E-state index in [1.54, 1.807) is 24.3 Å². The highest BCUT2D eigenvalue weighted by atomic mass is 35.5. The fraction of sp³-hybridized carbons (Fsp3) is 0.0588. The predicted octanol–water partition coefficient (Wildman–Crippen LogP) is 6.21. The normalized spacial score (nSPS) is 11.4. The van der Waals surface area contributed by atoms with Gasteiger partial charge in [0.05, 0.1) is 21.3 Å². The molecule has 0 radical (unpaired) electrons. The van der Waals surface area contributed by atoms with Crippen LogP contribution in [0.1, 0.15) is 5.56 Å². The SMILES string of the molecule is FC(F)(F)c1ccc(-c2cc(Nc3ccc(Cl)c(Cl)c3)ncn2)cc1. The van der Waals surface area contributed by atoms with Crippen molar-refractivity contribution in [3.05, 3.63) is 70.5 Å². The van der Waals surface area contributed by atoms with Crippen LogP contribution in [-0.4, -0.2) is 9.97 Å². The molecule has 0 aliphatic carbocycles. The lowest BCUT2D eigenvalue weighted by Crippen LogP contribution is -2.04. The number of anilines is 2. The molecule has 0 unspecified atom stereocenters. The number of hydrogen-bond acceptors (Lipinski definition) is 3. The lowest BCUT2D eigenvalue weighted by atomic mass is 10.1. The van der Waals surface area contributed by atoms with Crippen LogP contribution in [0.5, 0.6) is 0 Å². The molecule has 3 nitrogen and oxygen atoms in total. The quantitative estimate of drug-likeness (QED) is 0.583. The third kappa shape index (κ3) is 4.21. The summed E-state index contributed by atoms with van der Waals surface area (Å²) in [5.41, 5.74) is 1.00. The van der Waals surface area contributed by atoms with Crippen molar-refractivity contribution in [1.82, 2.24) is 9.97 Å². The van der Waals surface area contributed by atoms with Crippen LogP contribution < -0.4 is 5.32 Å². The van der Waals surface area contributed by atoms with E-state index in [1.165, 1.54) is 18.5 Å². The highest BCUT2D eigenvalue weighted by Crippen LogP contribution is 2.31. The third-order valence-corrected chi connectivity index (χ3v) is 4.11. The van der Waals surface area contributed by atoms with Crippen molar-refractivity contribution in [2.45, 2.75) is 6.18 Å². The minimum atomic E-state index is -4.37. The van der Waals surface area contributed by atoms with E-state index in [0.29, 0.717) is 32.8 Å². The molecule has 3 rings (SSSR count). The molecule has 0 aliphatic heterocycles. The first-order valence-electron chi connectivity index (χ1n) is 7.05. The molecule has 3 aromatic rings. The minimum Gasteiger partial charge on any atom is -0.340 e. The van der Waals surface area contributed by atoms with Gasteiger partial charge in [-0.15, -0.1) is 0 Å². The zero-order valence-electron chi connectivity index (χ0n) is 12.5. The van der Waals surface area contributed by atoms with Crippen LogP contribution in [0.3, 0.4) is 0 Å². The number of rotatable bonds is 3. The Kier molecular flexibility index (Phi) is 4.83. The fourth-order valence-corrected chi connectivity index (χ4v) is 2.43. The molecule has 0 saturated heterocycles. The number of nitrogens with zero attached hydrogens (tertiary/aromatic N) is 2. The molecule has 0 fully saturated rings. The van der Waals surface area contributed by atoms with Crippen molar-refractivity contribution in [3.8, 4) is 11.3 Å². The molecule has 128 valence electrons. The van der Waals surface area contributed by atoms with E-state index in [1.807, 2.05) is 0 Å². The summed E-state index contributed by atoms with van der Waals surface area (Å²) in [6.45, 7) is 0. The van der Waals surface area contributed by atoms with Gasteiger partial charge < -0.3 is 5.32 Å². The predicted molar refractivity (Wildman–Crippen MR) is 92.2 cm³/mol. The molecule has 2 aromatic carbocycles. The number of halogens is 5. The number of hydrogen-bond donors (Lipinski definition) is 1.